The lowest BCUT2D eigenvalue weighted by atomic mass is 9.90. The molecule has 2 aliphatic rings. The van der Waals surface area contributed by atoms with Crippen molar-refractivity contribution in [1.82, 2.24) is 9.80 Å². The van der Waals surface area contributed by atoms with Crippen LogP contribution >= 0.6 is 0 Å². The van der Waals surface area contributed by atoms with Crippen molar-refractivity contribution in [3.8, 4) is 0 Å². The Balaban J connectivity index is 0.000000758. The van der Waals surface area contributed by atoms with Crippen LogP contribution in [0, 0.1) is 5.92 Å². The van der Waals surface area contributed by atoms with E-state index in [1.807, 2.05) is 19.2 Å². The summed E-state index contributed by atoms with van der Waals surface area (Å²) in [6.45, 7) is 2.18. The van der Waals surface area contributed by atoms with Crippen molar-refractivity contribution in [2.24, 2.45) is 11.7 Å². The Bertz CT molecular complexity index is 662. The maximum Gasteiger partial charge on any atom is 0.290 e. The van der Waals surface area contributed by atoms with Gasteiger partial charge in [-0.15, -0.1) is 0 Å². The Morgan fingerprint density at radius 1 is 1.15 bits per heavy atom. The number of nitrogens with two attached hydrogens (primary N) is 1. The monoisotopic (exact) mass is 361 g/mol. The average molecular weight is 361 g/mol. The summed E-state index contributed by atoms with van der Waals surface area (Å²) in [6.07, 6.45) is 4.60. The Kier molecular flexibility index (Phi) is 7.15. The number of fused-ring (bicyclic) bond motifs is 1. The van der Waals surface area contributed by atoms with Gasteiger partial charge in [0, 0.05) is 31.7 Å². The van der Waals surface area contributed by atoms with E-state index in [9.17, 15) is 9.59 Å². The van der Waals surface area contributed by atoms with Gasteiger partial charge in [0.1, 0.15) is 0 Å². The summed E-state index contributed by atoms with van der Waals surface area (Å²) in [5, 5.41) is 6.89. The van der Waals surface area contributed by atoms with Gasteiger partial charge in [-0.1, -0.05) is 6.07 Å². The average Bonchev–Trinajstić information content (AvgIpc) is 2.83. The molecule has 0 spiro atoms. The molecule has 0 saturated carbocycles. The molecule has 1 aromatic carbocycles. The van der Waals surface area contributed by atoms with E-state index < -0.39 is 0 Å². The van der Waals surface area contributed by atoms with Crippen LogP contribution in [0.4, 0.5) is 0 Å². The van der Waals surface area contributed by atoms with Gasteiger partial charge in [0.25, 0.3) is 12.4 Å². The predicted octanol–water partition coefficient (Wildman–Crippen LogP) is 0.755. The van der Waals surface area contributed by atoms with Crippen LogP contribution in [0.3, 0.4) is 0 Å². The van der Waals surface area contributed by atoms with Gasteiger partial charge >= 0.3 is 0 Å². The number of primary amides is 1. The van der Waals surface area contributed by atoms with E-state index in [-0.39, 0.29) is 24.2 Å². The van der Waals surface area contributed by atoms with Gasteiger partial charge in [-0.05, 0) is 56.0 Å². The van der Waals surface area contributed by atoms with Crippen LogP contribution in [0.15, 0.2) is 18.2 Å². The summed E-state index contributed by atoms with van der Waals surface area (Å²) in [6, 6.07) is 6.07. The third-order valence-electron chi connectivity index (χ3n) is 5.01. The third kappa shape index (κ3) is 5.05. The highest BCUT2D eigenvalue weighted by Crippen LogP contribution is 2.23. The lowest BCUT2D eigenvalue weighted by Crippen LogP contribution is -2.40. The molecule has 1 unspecified atom stereocenters. The normalized spacial score (nSPS) is 20.2. The SMILES string of the molecule is CN1CCN(C(=O)c2ccc3c(c2)CCCC3)CC(C(N)=O)C1.O=CO. The van der Waals surface area contributed by atoms with Crippen LogP contribution in [0.5, 0.6) is 0 Å². The van der Waals surface area contributed by atoms with E-state index >= 15 is 0 Å². The van der Waals surface area contributed by atoms with E-state index in [0.717, 1.165) is 24.9 Å². The lowest BCUT2D eigenvalue weighted by Gasteiger charge is -2.24. The van der Waals surface area contributed by atoms with E-state index in [1.54, 1.807) is 4.90 Å². The van der Waals surface area contributed by atoms with Crippen molar-refractivity contribution >= 4 is 18.3 Å². The van der Waals surface area contributed by atoms with Crippen molar-refractivity contribution < 1.29 is 19.5 Å². The molecule has 7 heteroatoms. The second kappa shape index (κ2) is 9.33. The van der Waals surface area contributed by atoms with Crippen molar-refractivity contribution in [3.63, 3.8) is 0 Å². The fraction of sp³-hybridized carbons (Fsp3) is 0.526. The highest BCUT2D eigenvalue weighted by molar-refractivity contribution is 5.95. The molecule has 3 rings (SSSR count). The molecule has 1 aromatic rings. The Hall–Kier alpha value is -2.41. The zero-order valence-electron chi connectivity index (χ0n) is 15.2. The second-order valence-electron chi connectivity index (χ2n) is 6.91. The fourth-order valence-corrected chi connectivity index (χ4v) is 3.59. The molecule has 7 nitrogen and oxygen atoms in total. The first-order valence-electron chi connectivity index (χ1n) is 8.93. The molecular weight excluding hydrogens is 334 g/mol. The molecule has 142 valence electrons. The van der Waals surface area contributed by atoms with Crippen molar-refractivity contribution in [2.45, 2.75) is 25.7 Å². The number of aryl methyl sites for hydroxylation is 2. The number of nitrogens with zero attached hydrogens (tertiary/aromatic N) is 2. The number of hydrogen-bond acceptors (Lipinski definition) is 4. The highest BCUT2D eigenvalue weighted by Gasteiger charge is 2.28. The van der Waals surface area contributed by atoms with Crippen LogP contribution in [-0.2, 0) is 22.4 Å². The molecule has 26 heavy (non-hydrogen) atoms. The van der Waals surface area contributed by atoms with Crippen molar-refractivity contribution in [3.05, 3.63) is 34.9 Å². The zero-order chi connectivity index (χ0) is 19.1. The predicted molar refractivity (Wildman–Crippen MR) is 97.9 cm³/mol. The third-order valence-corrected chi connectivity index (χ3v) is 5.01. The number of carbonyl (C=O) groups is 3. The van der Waals surface area contributed by atoms with Gasteiger partial charge in [0.05, 0.1) is 5.92 Å². The standard InChI is InChI=1S/C18H25N3O2.CH2O2/c1-20-8-9-21(12-16(11-20)17(19)22)18(23)15-7-6-13-4-2-3-5-14(13)10-15;2-1-3/h6-7,10,16H,2-5,8-9,11-12H2,1H3,(H2,19,22);1H,(H,2,3). The van der Waals surface area contributed by atoms with Crippen LogP contribution in [0.25, 0.3) is 0 Å². The smallest absolute Gasteiger partial charge is 0.290 e. The summed E-state index contributed by atoms with van der Waals surface area (Å²) < 4.78 is 0. The lowest BCUT2D eigenvalue weighted by molar-refractivity contribution is -0.123. The maximum atomic E-state index is 12.9. The molecule has 1 heterocycles. The molecule has 1 aliphatic heterocycles. The summed E-state index contributed by atoms with van der Waals surface area (Å²) in [7, 11) is 1.96. The van der Waals surface area contributed by atoms with E-state index in [2.05, 4.69) is 11.0 Å². The molecule has 1 atom stereocenters. The van der Waals surface area contributed by atoms with Crippen molar-refractivity contribution in [2.75, 3.05) is 33.2 Å². The first-order valence-corrected chi connectivity index (χ1v) is 8.93. The van der Waals surface area contributed by atoms with Crippen LogP contribution in [0.2, 0.25) is 0 Å². The Labute approximate surface area is 153 Å². The number of benzene rings is 1. The molecule has 2 amide bonds. The molecule has 1 fully saturated rings. The van der Waals surface area contributed by atoms with Gasteiger partial charge in [0.2, 0.25) is 5.91 Å². The Morgan fingerprint density at radius 3 is 2.46 bits per heavy atom. The fourth-order valence-electron chi connectivity index (χ4n) is 3.59. The van der Waals surface area contributed by atoms with Gasteiger partial charge < -0.3 is 20.6 Å². The van der Waals surface area contributed by atoms with Gasteiger partial charge in [0.15, 0.2) is 0 Å². The number of hydrogen-bond donors (Lipinski definition) is 2. The topological polar surface area (TPSA) is 104 Å². The minimum atomic E-state index is -0.331. The molecule has 3 N–H and O–H groups in total. The first-order chi connectivity index (χ1) is 12.5. The molecule has 0 aromatic heterocycles. The Morgan fingerprint density at radius 2 is 1.81 bits per heavy atom. The van der Waals surface area contributed by atoms with E-state index in [1.165, 1.54) is 24.0 Å². The minimum Gasteiger partial charge on any atom is -0.483 e. The quantitative estimate of drug-likeness (QED) is 0.757. The van der Waals surface area contributed by atoms with Gasteiger partial charge in [-0.3, -0.25) is 14.4 Å². The number of amides is 2. The highest BCUT2D eigenvalue weighted by atomic mass is 16.3. The van der Waals surface area contributed by atoms with E-state index in [4.69, 9.17) is 15.6 Å². The van der Waals surface area contributed by atoms with Gasteiger partial charge in [-0.25, -0.2) is 0 Å². The molecule has 0 radical (unpaired) electrons. The molecular formula is C19H27N3O4. The molecule has 1 saturated heterocycles. The van der Waals surface area contributed by atoms with Crippen LogP contribution in [-0.4, -0.2) is 66.4 Å². The number of likely N-dealkylation sites (N-methyl/N-ethyl adjacent to an activating group) is 1. The number of carbonyl (C=O) groups excluding carboxylic acids is 2. The van der Waals surface area contributed by atoms with Gasteiger partial charge in [-0.2, -0.15) is 0 Å². The molecule has 0 bridgehead atoms. The first kappa shape index (κ1) is 19.9. The van der Waals surface area contributed by atoms with Crippen molar-refractivity contribution in [1.29, 1.82) is 0 Å². The summed E-state index contributed by atoms with van der Waals surface area (Å²) in [5.41, 5.74) is 8.90. The summed E-state index contributed by atoms with van der Waals surface area (Å²) >= 11 is 0. The maximum absolute atomic E-state index is 12.9. The molecule has 1 aliphatic carbocycles. The summed E-state index contributed by atoms with van der Waals surface area (Å²) in [5.74, 6) is -0.619. The number of rotatable bonds is 2. The summed E-state index contributed by atoms with van der Waals surface area (Å²) in [4.78, 5) is 36.7. The number of carboxylic acid groups (broad SMARTS) is 1. The zero-order valence-corrected chi connectivity index (χ0v) is 15.2. The second-order valence-corrected chi connectivity index (χ2v) is 6.91. The van der Waals surface area contributed by atoms with Crippen LogP contribution < -0.4 is 5.73 Å². The minimum absolute atomic E-state index is 0.0138. The van der Waals surface area contributed by atoms with E-state index in [0.29, 0.717) is 19.6 Å². The largest absolute Gasteiger partial charge is 0.483 e. The van der Waals surface area contributed by atoms with Crippen LogP contribution in [0.1, 0.15) is 34.3 Å².